The molecular weight excluding hydrogens is 214 g/mol. The number of likely N-dealkylation sites (N-methyl/N-ethyl adjacent to an activating group) is 1. The molecule has 1 aliphatic heterocycles. The van der Waals surface area contributed by atoms with Crippen LogP contribution in [0.2, 0.25) is 0 Å². The normalized spacial score (nSPS) is 39.2. The van der Waals surface area contributed by atoms with Crippen LogP contribution in [-0.2, 0) is 4.79 Å². The Balaban J connectivity index is 1.89. The highest BCUT2D eigenvalue weighted by Crippen LogP contribution is 2.29. The van der Waals surface area contributed by atoms with E-state index in [1.165, 1.54) is 0 Å². The zero-order chi connectivity index (χ0) is 12.4. The maximum atomic E-state index is 12.3. The van der Waals surface area contributed by atoms with Crippen LogP contribution in [0.3, 0.4) is 0 Å². The van der Waals surface area contributed by atoms with E-state index in [4.69, 9.17) is 5.73 Å². The molecule has 1 aliphatic carbocycles. The van der Waals surface area contributed by atoms with Gasteiger partial charge in [-0.15, -0.1) is 0 Å². The van der Waals surface area contributed by atoms with Crippen LogP contribution in [-0.4, -0.2) is 43.0 Å². The summed E-state index contributed by atoms with van der Waals surface area (Å²) in [7, 11) is 2.10. The highest BCUT2D eigenvalue weighted by atomic mass is 16.2. The number of hydrogen-bond donors (Lipinski definition) is 2. The number of rotatable bonds is 2. The molecule has 2 rings (SSSR count). The summed E-state index contributed by atoms with van der Waals surface area (Å²) in [6.07, 6.45) is 4.36. The molecule has 0 aromatic heterocycles. The minimum absolute atomic E-state index is 0.0228. The second kappa shape index (κ2) is 5.36. The van der Waals surface area contributed by atoms with Crippen LogP contribution in [0.1, 0.15) is 32.6 Å². The Kier molecular flexibility index (Phi) is 4.05. The number of carbonyl (C=O) groups is 1. The van der Waals surface area contributed by atoms with Gasteiger partial charge in [-0.25, -0.2) is 0 Å². The maximum Gasteiger partial charge on any atom is 0.225 e. The molecule has 0 aromatic carbocycles. The summed E-state index contributed by atoms with van der Waals surface area (Å²) in [6.45, 7) is 4.21. The third-order valence-corrected chi connectivity index (χ3v) is 4.31. The Hall–Kier alpha value is -0.610. The topological polar surface area (TPSA) is 58.4 Å². The number of carbonyl (C=O) groups excluding carboxylic acids is 1. The number of likely N-dealkylation sites (tertiary alicyclic amines) is 1. The first kappa shape index (κ1) is 12.8. The molecule has 17 heavy (non-hydrogen) atoms. The van der Waals surface area contributed by atoms with Crippen molar-refractivity contribution < 1.29 is 4.79 Å². The first-order valence-corrected chi connectivity index (χ1v) is 6.82. The van der Waals surface area contributed by atoms with Gasteiger partial charge in [-0.1, -0.05) is 13.3 Å². The number of nitrogens with one attached hydrogen (secondary N) is 1. The average molecular weight is 239 g/mol. The Morgan fingerprint density at radius 1 is 1.35 bits per heavy atom. The predicted octanol–water partition coefficient (Wildman–Crippen LogP) is 0.570. The molecule has 1 saturated heterocycles. The van der Waals surface area contributed by atoms with E-state index in [1.54, 1.807) is 0 Å². The second-order valence-corrected chi connectivity index (χ2v) is 5.85. The van der Waals surface area contributed by atoms with Crippen molar-refractivity contribution in [1.82, 2.24) is 10.2 Å². The van der Waals surface area contributed by atoms with Gasteiger partial charge in [0.2, 0.25) is 5.91 Å². The lowest BCUT2D eigenvalue weighted by Gasteiger charge is -2.33. The van der Waals surface area contributed by atoms with Crippen molar-refractivity contribution in [2.45, 2.75) is 44.7 Å². The molecule has 0 radical (unpaired) electrons. The van der Waals surface area contributed by atoms with Gasteiger partial charge in [0.05, 0.1) is 5.92 Å². The van der Waals surface area contributed by atoms with Crippen molar-refractivity contribution in [3.8, 4) is 0 Å². The second-order valence-electron chi connectivity index (χ2n) is 5.85. The van der Waals surface area contributed by atoms with E-state index in [0.717, 1.165) is 38.8 Å². The minimum Gasteiger partial charge on any atom is -0.352 e. The molecule has 1 amide bonds. The van der Waals surface area contributed by atoms with Crippen LogP contribution in [0, 0.1) is 11.8 Å². The van der Waals surface area contributed by atoms with Gasteiger partial charge in [0.1, 0.15) is 0 Å². The van der Waals surface area contributed by atoms with Crippen molar-refractivity contribution in [3.05, 3.63) is 0 Å². The van der Waals surface area contributed by atoms with Crippen LogP contribution >= 0.6 is 0 Å². The maximum absolute atomic E-state index is 12.3. The summed E-state index contributed by atoms with van der Waals surface area (Å²) < 4.78 is 0. The molecule has 3 N–H and O–H groups in total. The SMILES string of the molecule is CC1CCCC(N)C1C(=O)NC1CCN(C)C1. The molecule has 2 fully saturated rings. The van der Waals surface area contributed by atoms with E-state index >= 15 is 0 Å². The van der Waals surface area contributed by atoms with Gasteiger partial charge < -0.3 is 16.0 Å². The number of nitrogens with zero attached hydrogens (tertiary/aromatic N) is 1. The summed E-state index contributed by atoms with van der Waals surface area (Å²) in [6, 6.07) is 0.381. The number of hydrogen-bond acceptors (Lipinski definition) is 3. The van der Waals surface area contributed by atoms with E-state index in [-0.39, 0.29) is 17.9 Å². The largest absolute Gasteiger partial charge is 0.352 e. The van der Waals surface area contributed by atoms with Gasteiger partial charge in [-0.2, -0.15) is 0 Å². The zero-order valence-corrected chi connectivity index (χ0v) is 11.0. The van der Waals surface area contributed by atoms with Crippen LogP contribution in [0.4, 0.5) is 0 Å². The van der Waals surface area contributed by atoms with Crippen molar-refractivity contribution in [3.63, 3.8) is 0 Å². The molecule has 1 heterocycles. The fourth-order valence-corrected chi connectivity index (χ4v) is 3.26. The van der Waals surface area contributed by atoms with E-state index in [1.807, 2.05) is 0 Å². The summed E-state index contributed by atoms with van der Waals surface area (Å²) in [5, 5.41) is 3.18. The van der Waals surface area contributed by atoms with E-state index in [9.17, 15) is 4.79 Å². The Morgan fingerprint density at radius 3 is 2.71 bits per heavy atom. The van der Waals surface area contributed by atoms with Crippen molar-refractivity contribution in [1.29, 1.82) is 0 Å². The summed E-state index contributed by atoms with van der Waals surface area (Å²) in [4.78, 5) is 14.5. The molecule has 0 bridgehead atoms. The minimum atomic E-state index is 0.0228. The zero-order valence-electron chi connectivity index (χ0n) is 11.0. The Bertz CT molecular complexity index is 272. The van der Waals surface area contributed by atoms with E-state index in [2.05, 4.69) is 24.2 Å². The molecule has 0 spiro atoms. The first-order chi connectivity index (χ1) is 8.08. The first-order valence-electron chi connectivity index (χ1n) is 6.82. The lowest BCUT2D eigenvalue weighted by molar-refractivity contribution is -0.128. The quantitative estimate of drug-likeness (QED) is 0.741. The van der Waals surface area contributed by atoms with Gasteiger partial charge in [-0.3, -0.25) is 4.79 Å². The lowest BCUT2D eigenvalue weighted by atomic mass is 9.76. The van der Waals surface area contributed by atoms with E-state index < -0.39 is 0 Å². The highest BCUT2D eigenvalue weighted by Gasteiger charge is 2.35. The standard InChI is InChI=1S/C13H25N3O/c1-9-4-3-5-11(14)12(9)13(17)15-10-6-7-16(2)8-10/h9-12H,3-8,14H2,1-2H3,(H,15,17). The van der Waals surface area contributed by atoms with Gasteiger partial charge in [-0.05, 0) is 38.8 Å². The van der Waals surface area contributed by atoms with Crippen LogP contribution in [0.15, 0.2) is 0 Å². The van der Waals surface area contributed by atoms with Gasteiger partial charge in [0.15, 0.2) is 0 Å². The monoisotopic (exact) mass is 239 g/mol. The van der Waals surface area contributed by atoms with Crippen molar-refractivity contribution >= 4 is 5.91 Å². The molecule has 0 aromatic rings. The molecule has 2 aliphatic rings. The van der Waals surface area contributed by atoms with Gasteiger partial charge >= 0.3 is 0 Å². The number of nitrogens with two attached hydrogens (primary N) is 1. The van der Waals surface area contributed by atoms with Gasteiger partial charge in [0.25, 0.3) is 0 Å². The fraction of sp³-hybridized carbons (Fsp3) is 0.923. The third kappa shape index (κ3) is 2.99. The summed E-state index contributed by atoms with van der Waals surface area (Å²) >= 11 is 0. The predicted molar refractivity (Wildman–Crippen MR) is 68.5 cm³/mol. The summed E-state index contributed by atoms with van der Waals surface area (Å²) in [5.41, 5.74) is 6.10. The molecule has 1 saturated carbocycles. The Morgan fingerprint density at radius 2 is 2.12 bits per heavy atom. The third-order valence-electron chi connectivity index (χ3n) is 4.31. The molecule has 4 heteroatoms. The average Bonchev–Trinajstić information content (AvgIpc) is 2.63. The van der Waals surface area contributed by atoms with Gasteiger partial charge in [0, 0.05) is 18.6 Å². The van der Waals surface area contributed by atoms with Crippen molar-refractivity contribution in [2.75, 3.05) is 20.1 Å². The molecule has 4 unspecified atom stereocenters. The van der Waals surface area contributed by atoms with Crippen LogP contribution in [0.5, 0.6) is 0 Å². The molecule has 4 nitrogen and oxygen atoms in total. The lowest BCUT2D eigenvalue weighted by Crippen LogP contribution is -2.50. The van der Waals surface area contributed by atoms with Crippen LogP contribution < -0.4 is 11.1 Å². The molecular formula is C13H25N3O. The Labute approximate surface area is 104 Å². The molecule has 98 valence electrons. The highest BCUT2D eigenvalue weighted by molar-refractivity contribution is 5.80. The number of amides is 1. The van der Waals surface area contributed by atoms with E-state index in [0.29, 0.717) is 12.0 Å². The summed E-state index contributed by atoms with van der Waals surface area (Å²) in [5.74, 6) is 0.637. The molecule has 4 atom stereocenters. The smallest absolute Gasteiger partial charge is 0.225 e. The van der Waals surface area contributed by atoms with Crippen molar-refractivity contribution in [2.24, 2.45) is 17.6 Å². The van der Waals surface area contributed by atoms with Crippen LogP contribution in [0.25, 0.3) is 0 Å². The fourth-order valence-electron chi connectivity index (χ4n) is 3.26.